The highest BCUT2D eigenvalue weighted by molar-refractivity contribution is 7.99. The molecule has 0 saturated carbocycles. The molecule has 1 saturated heterocycles. The standard InChI is InChI=1S/C19H27N5O2S/c1-4-15-8-6-7-14(3)17(15)20-16(25)13-27-19-22-21-18(24(19)5-2)23-9-11-26-12-10-23/h6-8H,4-5,9-13H2,1-3H3,(H,20,25). The lowest BCUT2D eigenvalue weighted by atomic mass is 10.1. The highest BCUT2D eigenvalue weighted by Crippen LogP contribution is 2.24. The molecule has 0 aliphatic carbocycles. The molecule has 1 aliphatic heterocycles. The first-order chi connectivity index (χ1) is 13.1. The zero-order chi connectivity index (χ0) is 19.2. The first kappa shape index (κ1) is 19.7. The molecule has 8 heteroatoms. The maximum atomic E-state index is 12.5. The number of hydrogen-bond acceptors (Lipinski definition) is 6. The van der Waals surface area contributed by atoms with Crippen molar-refractivity contribution in [3.8, 4) is 0 Å². The average Bonchev–Trinajstić information content (AvgIpc) is 3.11. The number of aromatic nitrogens is 3. The van der Waals surface area contributed by atoms with Gasteiger partial charge in [-0.3, -0.25) is 9.36 Å². The van der Waals surface area contributed by atoms with Crippen LogP contribution < -0.4 is 10.2 Å². The largest absolute Gasteiger partial charge is 0.378 e. The Morgan fingerprint density at radius 2 is 2.04 bits per heavy atom. The molecule has 2 aromatic rings. The van der Waals surface area contributed by atoms with Crippen LogP contribution in [0.3, 0.4) is 0 Å². The Hall–Kier alpha value is -2.06. The Bertz CT molecular complexity index is 786. The second kappa shape index (κ2) is 9.23. The summed E-state index contributed by atoms with van der Waals surface area (Å²) in [5.41, 5.74) is 3.16. The van der Waals surface area contributed by atoms with Gasteiger partial charge in [-0.05, 0) is 31.4 Å². The zero-order valence-corrected chi connectivity index (χ0v) is 17.0. The Morgan fingerprint density at radius 1 is 1.26 bits per heavy atom. The van der Waals surface area contributed by atoms with Gasteiger partial charge in [-0.25, -0.2) is 0 Å². The van der Waals surface area contributed by atoms with Crippen LogP contribution in [0, 0.1) is 6.92 Å². The molecule has 0 spiro atoms. The third kappa shape index (κ3) is 4.62. The monoisotopic (exact) mass is 389 g/mol. The van der Waals surface area contributed by atoms with Gasteiger partial charge >= 0.3 is 0 Å². The first-order valence-corrected chi connectivity index (χ1v) is 10.4. The van der Waals surface area contributed by atoms with Crippen LogP contribution in [0.2, 0.25) is 0 Å². The molecule has 1 amide bonds. The Balaban J connectivity index is 1.65. The van der Waals surface area contributed by atoms with Gasteiger partial charge in [0.25, 0.3) is 0 Å². The van der Waals surface area contributed by atoms with Crippen molar-refractivity contribution >= 4 is 29.3 Å². The highest BCUT2D eigenvalue weighted by Gasteiger charge is 2.20. The summed E-state index contributed by atoms with van der Waals surface area (Å²) in [4.78, 5) is 14.7. The van der Waals surface area contributed by atoms with E-state index in [1.807, 2.05) is 19.1 Å². The van der Waals surface area contributed by atoms with Crippen LogP contribution in [0.5, 0.6) is 0 Å². The fraction of sp³-hybridized carbons (Fsp3) is 0.526. The normalized spacial score (nSPS) is 14.4. The number of ether oxygens (including phenoxy) is 1. The molecule has 3 rings (SSSR count). The van der Waals surface area contributed by atoms with Gasteiger partial charge in [0.05, 0.1) is 19.0 Å². The minimum atomic E-state index is -0.0254. The maximum Gasteiger partial charge on any atom is 0.234 e. The zero-order valence-electron chi connectivity index (χ0n) is 16.2. The van der Waals surface area contributed by atoms with E-state index in [1.165, 1.54) is 11.8 Å². The molecule has 1 aromatic heterocycles. The van der Waals surface area contributed by atoms with Crippen molar-refractivity contribution in [3.05, 3.63) is 29.3 Å². The van der Waals surface area contributed by atoms with Crippen molar-refractivity contribution < 1.29 is 9.53 Å². The lowest BCUT2D eigenvalue weighted by molar-refractivity contribution is -0.113. The van der Waals surface area contributed by atoms with Gasteiger partial charge in [0.2, 0.25) is 11.9 Å². The summed E-state index contributed by atoms with van der Waals surface area (Å²) in [5, 5.41) is 12.5. The predicted octanol–water partition coefficient (Wildman–Crippen LogP) is 2.74. The van der Waals surface area contributed by atoms with Gasteiger partial charge in [0, 0.05) is 25.3 Å². The number of anilines is 2. The van der Waals surface area contributed by atoms with E-state index in [-0.39, 0.29) is 5.91 Å². The van der Waals surface area contributed by atoms with Gasteiger partial charge in [-0.15, -0.1) is 10.2 Å². The molecule has 1 aromatic carbocycles. The molecule has 27 heavy (non-hydrogen) atoms. The molecule has 0 radical (unpaired) electrons. The van der Waals surface area contributed by atoms with E-state index in [0.29, 0.717) is 19.0 Å². The minimum absolute atomic E-state index is 0.0254. The highest BCUT2D eigenvalue weighted by atomic mass is 32.2. The number of hydrogen-bond donors (Lipinski definition) is 1. The fourth-order valence-electron chi connectivity index (χ4n) is 3.17. The summed E-state index contributed by atoms with van der Waals surface area (Å²) in [7, 11) is 0. The van der Waals surface area contributed by atoms with Crippen molar-refractivity contribution in [1.82, 2.24) is 14.8 Å². The van der Waals surface area contributed by atoms with Gasteiger partial charge < -0.3 is 15.0 Å². The third-order valence-corrected chi connectivity index (χ3v) is 5.61. The number of para-hydroxylation sites is 1. The van der Waals surface area contributed by atoms with Crippen LogP contribution in [0.4, 0.5) is 11.6 Å². The summed E-state index contributed by atoms with van der Waals surface area (Å²) in [6.07, 6.45) is 0.886. The summed E-state index contributed by atoms with van der Waals surface area (Å²) < 4.78 is 7.47. The van der Waals surface area contributed by atoms with Crippen LogP contribution in [-0.2, 0) is 22.5 Å². The number of amides is 1. The van der Waals surface area contributed by atoms with Crippen LogP contribution in [-0.4, -0.2) is 52.7 Å². The van der Waals surface area contributed by atoms with Crippen LogP contribution in [0.25, 0.3) is 0 Å². The summed E-state index contributed by atoms with van der Waals surface area (Å²) in [6, 6.07) is 6.10. The van der Waals surface area contributed by atoms with Gasteiger partial charge in [0.15, 0.2) is 5.16 Å². The average molecular weight is 390 g/mol. The molecule has 7 nitrogen and oxygen atoms in total. The van der Waals surface area contributed by atoms with E-state index in [9.17, 15) is 4.79 Å². The summed E-state index contributed by atoms with van der Waals surface area (Å²) in [5.74, 6) is 1.14. The van der Waals surface area contributed by atoms with Gasteiger partial charge in [-0.2, -0.15) is 0 Å². The van der Waals surface area contributed by atoms with Gasteiger partial charge in [0.1, 0.15) is 0 Å². The quantitative estimate of drug-likeness (QED) is 0.734. The summed E-state index contributed by atoms with van der Waals surface area (Å²) >= 11 is 1.42. The smallest absolute Gasteiger partial charge is 0.234 e. The molecule has 1 N–H and O–H groups in total. The molecular formula is C19H27N5O2S. The lowest BCUT2D eigenvalue weighted by Gasteiger charge is -2.27. The maximum absolute atomic E-state index is 12.5. The van der Waals surface area contributed by atoms with Crippen molar-refractivity contribution in [3.63, 3.8) is 0 Å². The number of rotatable bonds is 7. The van der Waals surface area contributed by atoms with E-state index in [1.54, 1.807) is 0 Å². The molecular weight excluding hydrogens is 362 g/mol. The molecule has 1 aliphatic rings. The van der Waals surface area contributed by atoms with Crippen molar-refractivity contribution in [1.29, 1.82) is 0 Å². The van der Waals surface area contributed by atoms with E-state index in [4.69, 9.17) is 4.74 Å². The predicted molar refractivity (Wildman–Crippen MR) is 109 cm³/mol. The van der Waals surface area contributed by atoms with Crippen LogP contribution in [0.15, 0.2) is 23.4 Å². The fourth-order valence-corrected chi connectivity index (χ4v) is 3.97. The second-order valence-electron chi connectivity index (χ2n) is 6.43. The Kier molecular flexibility index (Phi) is 6.73. The topological polar surface area (TPSA) is 72.3 Å². The Labute approximate surface area is 164 Å². The number of thioether (sulfide) groups is 1. The van der Waals surface area contributed by atoms with E-state index in [2.05, 4.69) is 44.9 Å². The van der Waals surface area contributed by atoms with Gasteiger partial charge in [-0.1, -0.05) is 36.9 Å². The third-order valence-electron chi connectivity index (χ3n) is 4.64. The molecule has 0 bridgehead atoms. The molecule has 2 heterocycles. The number of carbonyl (C=O) groups excluding carboxylic acids is 1. The van der Waals surface area contributed by atoms with Crippen LogP contribution in [0.1, 0.15) is 25.0 Å². The molecule has 0 atom stereocenters. The summed E-state index contributed by atoms with van der Waals surface area (Å²) in [6.45, 7) is 9.99. The van der Waals surface area contributed by atoms with Crippen molar-refractivity contribution in [2.45, 2.75) is 38.9 Å². The Morgan fingerprint density at radius 3 is 2.74 bits per heavy atom. The number of benzene rings is 1. The van der Waals surface area contributed by atoms with E-state index < -0.39 is 0 Å². The molecule has 1 fully saturated rings. The number of nitrogens with one attached hydrogen (secondary N) is 1. The first-order valence-electron chi connectivity index (χ1n) is 9.41. The SMILES string of the molecule is CCc1cccc(C)c1NC(=O)CSc1nnc(N2CCOCC2)n1CC. The number of morpholine rings is 1. The second-order valence-corrected chi connectivity index (χ2v) is 7.37. The molecule has 0 unspecified atom stereocenters. The number of nitrogens with zero attached hydrogens (tertiary/aromatic N) is 4. The van der Waals surface area contributed by atoms with Crippen molar-refractivity contribution in [2.75, 3.05) is 42.3 Å². The minimum Gasteiger partial charge on any atom is -0.378 e. The number of aryl methyl sites for hydroxylation is 2. The van der Waals surface area contributed by atoms with E-state index >= 15 is 0 Å². The number of carbonyl (C=O) groups is 1. The lowest BCUT2D eigenvalue weighted by Crippen LogP contribution is -2.38. The molecule has 146 valence electrons. The van der Waals surface area contributed by atoms with Crippen LogP contribution >= 0.6 is 11.8 Å². The van der Waals surface area contributed by atoms with E-state index in [0.717, 1.165) is 54.0 Å². The van der Waals surface area contributed by atoms with Crippen molar-refractivity contribution in [2.24, 2.45) is 0 Å².